The molecule has 50 valence electrons. The molecule has 0 radical (unpaired) electrons. The predicted molar refractivity (Wildman–Crippen MR) is 34.6 cm³/mol. The van der Waals surface area contributed by atoms with Crippen molar-refractivity contribution in [1.29, 1.82) is 5.41 Å². The van der Waals surface area contributed by atoms with Gasteiger partial charge in [-0.2, -0.15) is 0 Å². The van der Waals surface area contributed by atoms with Crippen molar-refractivity contribution < 1.29 is 4.74 Å². The first-order chi connectivity index (χ1) is 4.38. The van der Waals surface area contributed by atoms with Gasteiger partial charge in [0.2, 0.25) is 0 Å². The molecule has 2 aliphatic rings. The van der Waals surface area contributed by atoms with E-state index in [1.165, 1.54) is 25.7 Å². The molecule has 1 heterocycles. The largest absolute Gasteiger partial charge is 0.477 e. The van der Waals surface area contributed by atoms with Crippen LogP contribution in [0.5, 0.6) is 0 Å². The summed E-state index contributed by atoms with van der Waals surface area (Å²) in [5.74, 6) is 1.05. The highest BCUT2D eigenvalue weighted by atomic mass is 16.5. The molecule has 0 aromatic heterocycles. The Bertz CT molecular complexity index is 144. The lowest BCUT2D eigenvalue weighted by Crippen LogP contribution is -2.46. The van der Waals surface area contributed by atoms with Gasteiger partial charge in [0.05, 0.1) is 5.92 Å². The number of nitrogens with one attached hydrogen (secondary N) is 1. The van der Waals surface area contributed by atoms with Gasteiger partial charge >= 0.3 is 0 Å². The number of hydrogen-bond donors (Lipinski definition) is 1. The van der Waals surface area contributed by atoms with Gasteiger partial charge in [0.1, 0.15) is 6.10 Å². The van der Waals surface area contributed by atoms with Crippen LogP contribution in [0.1, 0.15) is 25.7 Å². The number of fused-ring (bicyclic) bond motifs is 1. The molecule has 9 heavy (non-hydrogen) atoms. The van der Waals surface area contributed by atoms with E-state index in [9.17, 15) is 0 Å². The second-order valence-electron chi connectivity index (χ2n) is 2.91. The van der Waals surface area contributed by atoms with E-state index in [2.05, 4.69) is 0 Å². The second-order valence-corrected chi connectivity index (χ2v) is 2.91. The summed E-state index contributed by atoms with van der Waals surface area (Å²) in [5, 5.41) is 7.23. The molecule has 1 saturated heterocycles. The third-order valence-electron chi connectivity index (χ3n) is 2.32. The van der Waals surface area contributed by atoms with Crippen molar-refractivity contribution in [2.45, 2.75) is 31.8 Å². The zero-order valence-electron chi connectivity index (χ0n) is 5.39. The summed E-state index contributed by atoms with van der Waals surface area (Å²) in [6.45, 7) is 0. The standard InChI is InChI=1S/C7H11NO/c8-7-5-3-1-2-4-6(5)9-7/h5-6,8H,1-4H2. The van der Waals surface area contributed by atoms with Crippen molar-refractivity contribution in [1.82, 2.24) is 0 Å². The van der Waals surface area contributed by atoms with Crippen molar-refractivity contribution in [3.8, 4) is 0 Å². The maximum atomic E-state index is 7.23. The zero-order valence-corrected chi connectivity index (χ0v) is 5.39. The minimum atomic E-state index is 0.436. The Morgan fingerprint density at radius 3 is 2.67 bits per heavy atom. The van der Waals surface area contributed by atoms with E-state index in [1.807, 2.05) is 0 Å². The molecular formula is C7H11NO. The van der Waals surface area contributed by atoms with Crippen molar-refractivity contribution in [2.75, 3.05) is 0 Å². The van der Waals surface area contributed by atoms with Crippen LogP contribution in [0.4, 0.5) is 0 Å². The Kier molecular flexibility index (Phi) is 1.01. The highest BCUT2D eigenvalue weighted by molar-refractivity contribution is 5.81. The van der Waals surface area contributed by atoms with Gasteiger partial charge in [-0.15, -0.1) is 0 Å². The smallest absolute Gasteiger partial charge is 0.187 e. The summed E-state index contributed by atoms with van der Waals surface area (Å²) < 4.78 is 5.13. The van der Waals surface area contributed by atoms with Crippen LogP contribution in [0, 0.1) is 11.3 Å². The predicted octanol–water partition coefficient (Wildman–Crippen LogP) is 1.55. The maximum Gasteiger partial charge on any atom is 0.187 e. The molecule has 0 amide bonds. The number of ether oxygens (including phenoxy) is 1. The van der Waals surface area contributed by atoms with Gasteiger partial charge in [0.25, 0.3) is 0 Å². The van der Waals surface area contributed by atoms with Gasteiger partial charge in [-0.25, -0.2) is 0 Å². The van der Waals surface area contributed by atoms with E-state index in [0.29, 0.717) is 17.9 Å². The molecule has 2 nitrogen and oxygen atoms in total. The maximum absolute atomic E-state index is 7.23. The molecule has 0 bridgehead atoms. The van der Waals surface area contributed by atoms with Crippen LogP contribution in [0.25, 0.3) is 0 Å². The highest BCUT2D eigenvalue weighted by Crippen LogP contribution is 2.35. The molecule has 2 atom stereocenters. The lowest BCUT2D eigenvalue weighted by atomic mass is 9.82. The average Bonchev–Trinajstić information content (AvgIpc) is 1.86. The average molecular weight is 125 g/mol. The van der Waals surface area contributed by atoms with Crippen LogP contribution in [-0.4, -0.2) is 12.0 Å². The van der Waals surface area contributed by atoms with Crippen molar-refractivity contribution in [3.05, 3.63) is 0 Å². The van der Waals surface area contributed by atoms with Crippen LogP contribution in [-0.2, 0) is 4.74 Å². The van der Waals surface area contributed by atoms with E-state index < -0.39 is 0 Å². The van der Waals surface area contributed by atoms with Crippen LogP contribution in [0.3, 0.4) is 0 Å². The summed E-state index contributed by atoms with van der Waals surface area (Å²) in [4.78, 5) is 0. The molecule has 1 N–H and O–H groups in total. The first-order valence-electron chi connectivity index (χ1n) is 3.63. The molecule has 1 aliphatic heterocycles. The number of rotatable bonds is 0. The van der Waals surface area contributed by atoms with Crippen molar-refractivity contribution >= 4 is 5.90 Å². The highest BCUT2D eigenvalue weighted by Gasteiger charge is 2.40. The van der Waals surface area contributed by atoms with E-state index >= 15 is 0 Å². The molecule has 0 aromatic carbocycles. The topological polar surface area (TPSA) is 33.1 Å². The van der Waals surface area contributed by atoms with E-state index in [1.54, 1.807) is 0 Å². The number of hydrogen-bond acceptors (Lipinski definition) is 2. The quantitative estimate of drug-likeness (QED) is 0.523. The lowest BCUT2D eigenvalue weighted by molar-refractivity contribution is 0.0229. The van der Waals surface area contributed by atoms with E-state index in [4.69, 9.17) is 10.1 Å². The summed E-state index contributed by atoms with van der Waals surface area (Å²) in [6, 6.07) is 0. The Morgan fingerprint density at radius 2 is 2.11 bits per heavy atom. The Hall–Kier alpha value is -0.530. The van der Waals surface area contributed by atoms with Crippen LogP contribution in [0.15, 0.2) is 0 Å². The first kappa shape index (κ1) is 5.27. The molecule has 1 aliphatic carbocycles. The fourth-order valence-corrected chi connectivity index (χ4v) is 1.72. The fraction of sp³-hybridized carbons (Fsp3) is 0.857. The molecule has 2 unspecified atom stereocenters. The first-order valence-corrected chi connectivity index (χ1v) is 3.63. The summed E-state index contributed by atoms with van der Waals surface area (Å²) >= 11 is 0. The molecule has 2 heteroatoms. The summed E-state index contributed by atoms with van der Waals surface area (Å²) in [7, 11) is 0. The van der Waals surface area contributed by atoms with E-state index in [-0.39, 0.29) is 0 Å². The van der Waals surface area contributed by atoms with Gasteiger partial charge in [-0.05, 0) is 19.3 Å². The molecule has 2 fully saturated rings. The van der Waals surface area contributed by atoms with Crippen molar-refractivity contribution in [2.24, 2.45) is 5.92 Å². The molecule has 0 spiro atoms. The minimum absolute atomic E-state index is 0.436. The summed E-state index contributed by atoms with van der Waals surface area (Å²) in [6.07, 6.45) is 5.42. The zero-order chi connectivity index (χ0) is 6.27. The minimum Gasteiger partial charge on any atom is -0.477 e. The van der Waals surface area contributed by atoms with Crippen LogP contribution >= 0.6 is 0 Å². The lowest BCUT2D eigenvalue weighted by Gasteiger charge is -2.40. The van der Waals surface area contributed by atoms with Gasteiger partial charge in [-0.1, -0.05) is 6.42 Å². The van der Waals surface area contributed by atoms with Crippen LogP contribution < -0.4 is 0 Å². The Labute approximate surface area is 54.7 Å². The SMILES string of the molecule is N=C1OC2CCCCC12. The van der Waals surface area contributed by atoms with Gasteiger partial charge < -0.3 is 4.74 Å². The fourth-order valence-electron chi connectivity index (χ4n) is 1.72. The molecule has 1 saturated carbocycles. The molecular weight excluding hydrogens is 114 g/mol. The summed E-state index contributed by atoms with van der Waals surface area (Å²) in [5.41, 5.74) is 0. The Balaban J connectivity index is 2.01. The Morgan fingerprint density at radius 1 is 1.33 bits per heavy atom. The third kappa shape index (κ3) is 0.655. The van der Waals surface area contributed by atoms with Gasteiger partial charge in [0.15, 0.2) is 5.90 Å². The van der Waals surface area contributed by atoms with Crippen LogP contribution in [0.2, 0.25) is 0 Å². The van der Waals surface area contributed by atoms with Gasteiger partial charge in [0, 0.05) is 0 Å². The molecule has 2 rings (SSSR count). The van der Waals surface area contributed by atoms with E-state index in [0.717, 1.165) is 0 Å². The second kappa shape index (κ2) is 1.72. The molecule has 0 aromatic rings. The van der Waals surface area contributed by atoms with Gasteiger partial charge in [-0.3, -0.25) is 5.41 Å². The van der Waals surface area contributed by atoms with Crippen molar-refractivity contribution in [3.63, 3.8) is 0 Å². The normalized spacial score (nSPS) is 40.7. The third-order valence-corrected chi connectivity index (χ3v) is 2.32. The monoisotopic (exact) mass is 125 g/mol.